The van der Waals surface area contributed by atoms with Gasteiger partial charge in [0.15, 0.2) is 0 Å². The van der Waals surface area contributed by atoms with Gasteiger partial charge in [-0.15, -0.1) is 0 Å². The molecule has 1 heteroatoms. The van der Waals surface area contributed by atoms with Crippen LogP contribution >= 0.6 is 0 Å². The monoisotopic (exact) mass is 180 g/mol. The van der Waals surface area contributed by atoms with Crippen LogP contribution in [-0.4, -0.2) is 11.7 Å². The molecule has 74 valence electrons. The zero-order valence-corrected chi connectivity index (χ0v) is 8.88. The van der Waals surface area contributed by atoms with Gasteiger partial charge >= 0.3 is 0 Å². The normalized spacial score (nSPS) is 12.2. The maximum atomic E-state index is 8.51. The summed E-state index contributed by atoms with van der Waals surface area (Å²) in [6.07, 6.45) is 10.2. The molecule has 0 spiro atoms. The third-order valence-corrected chi connectivity index (χ3v) is 1.70. The lowest BCUT2D eigenvalue weighted by molar-refractivity contribution is 0.342. The first-order valence-corrected chi connectivity index (χ1v) is 4.71. The van der Waals surface area contributed by atoms with E-state index in [-0.39, 0.29) is 6.61 Å². The minimum Gasteiger partial charge on any atom is -0.392 e. The molecule has 0 aliphatic heterocycles. The molecule has 0 saturated heterocycles. The van der Waals surface area contributed by atoms with E-state index in [1.165, 1.54) is 11.1 Å². The van der Waals surface area contributed by atoms with Crippen LogP contribution in [0.25, 0.3) is 0 Å². The van der Waals surface area contributed by atoms with Crippen molar-refractivity contribution >= 4 is 0 Å². The highest BCUT2D eigenvalue weighted by Crippen LogP contribution is 2.04. The van der Waals surface area contributed by atoms with Crippen LogP contribution < -0.4 is 0 Å². The first kappa shape index (κ1) is 12.2. The minimum atomic E-state index is 0.140. The summed E-state index contributed by atoms with van der Waals surface area (Å²) in [7, 11) is 0. The largest absolute Gasteiger partial charge is 0.392 e. The summed E-state index contributed by atoms with van der Waals surface area (Å²) in [4.78, 5) is 0. The molecular weight excluding hydrogens is 160 g/mol. The Morgan fingerprint density at radius 3 is 2.31 bits per heavy atom. The topological polar surface area (TPSA) is 20.2 Å². The fourth-order valence-electron chi connectivity index (χ4n) is 0.923. The fourth-order valence-corrected chi connectivity index (χ4v) is 0.923. The molecule has 0 bridgehead atoms. The van der Waals surface area contributed by atoms with E-state index in [2.05, 4.69) is 32.9 Å². The Morgan fingerprint density at radius 2 is 1.77 bits per heavy atom. The SMILES string of the molecule is CC(C)=CCC=C(C)CC=CCO. The van der Waals surface area contributed by atoms with E-state index >= 15 is 0 Å². The molecule has 0 amide bonds. The molecule has 0 aromatic carbocycles. The Hall–Kier alpha value is -0.820. The average Bonchev–Trinajstić information content (AvgIpc) is 2.04. The van der Waals surface area contributed by atoms with Crippen LogP contribution in [0.1, 0.15) is 33.6 Å². The van der Waals surface area contributed by atoms with E-state index in [1.54, 1.807) is 6.08 Å². The number of hydrogen-bond donors (Lipinski definition) is 1. The van der Waals surface area contributed by atoms with Crippen molar-refractivity contribution in [2.75, 3.05) is 6.61 Å². The number of aliphatic hydroxyl groups is 1. The predicted octanol–water partition coefficient (Wildman–Crippen LogP) is 3.23. The van der Waals surface area contributed by atoms with Gasteiger partial charge in [-0.05, 0) is 33.6 Å². The molecule has 0 rings (SSSR count). The summed E-state index contributed by atoms with van der Waals surface area (Å²) < 4.78 is 0. The van der Waals surface area contributed by atoms with Gasteiger partial charge in [0, 0.05) is 0 Å². The van der Waals surface area contributed by atoms with E-state index in [9.17, 15) is 0 Å². The predicted molar refractivity (Wildman–Crippen MR) is 58.6 cm³/mol. The maximum absolute atomic E-state index is 8.51. The van der Waals surface area contributed by atoms with Crippen molar-refractivity contribution in [3.05, 3.63) is 35.5 Å². The lowest BCUT2D eigenvalue weighted by atomic mass is 10.1. The van der Waals surface area contributed by atoms with Crippen molar-refractivity contribution in [2.24, 2.45) is 0 Å². The van der Waals surface area contributed by atoms with Crippen LogP contribution in [0, 0.1) is 0 Å². The molecular formula is C12H20O. The molecule has 0 saturated carbocycles. The Kier molecular flexibility index (Phi) is 7.32. The summed E-state index contributed by atoms with van der Waals surface area (Å²) in [6, 6.07) is 0. The third-order valence-electron chi connectivity index (χ3n) is 1.70. The van der Waals surface area contributed by atoms with Crippen LogP contribution in [0.3, 0.4) is 0 Å². The third kappa shape index (κ3) is 9.09. The van der Waals surface area contributed by atoms with E-state index < -0.39 is 0 Å². The van der Waals surface area contributed by atoms with Gasteiger partial charge in [0.25, 0.3) is 0 Å². The van der Waals surface area contributed by atoms with Crippen LogP contribution in [0.15, 0.2) is 35.5 Å². The van der Waals surface area contributed by atoms with Gasteiger partial charge in [-0.2, -0.15) is 0 Å². The zero-order valence-electron chi connectivity index (χ0n) is 8.88. The second-order valence-corrected chi connectivity index (χ2v) is 3.43. The smallest absolute Gasteiger partial charge is 0.0612 e. The molecule has 0 unspecified atom stereocenters. The van der Waals surface area contributed by atoms with Crippen LogP contribution in [-0.2, 0) is 0 Å². The Bertz CT molecular complexity index is 205. The van der Waals surface area contributed by atoms with Gasteiger partial charge in [-0.25, -0.2) is 0 Å². The summed E-state index contributed by atoms with van der Waals surface area (Å²) in [6.45, 7) is 6.46. The van der Waals surface area contributed by atoms with Gasteiger partial charge in [-0.1, -0.05) is 35.5 Å². The summed E-state index contributed by atoms with van der Waals surface area (Å²) in [5.74, 6) is 0. The number of allylic oxidation sites excluding steroid dienone is 5. The van der Waals surface area contributed by atoms with Crippen LogP contribution in [0.4, 0.5) is 0 Å². The van der Waals surface area contributed by atoms with Crippen molar-refractivity contribution in [1.82, 2.24) is 0 Å². The van der Waals surface area contributed by atoms with Crippen molar-refractivity contribution in [3.63, 3.8) is 0 Å². The van der Waals surface area contributed by atoms with Crippen LogP contribution in [0.2, 0.25) is 0 Å². The molecule has 1 N–H and O–H groups in total. The molecule has 0 fully saturated rings. The quantitative estimate of drug-likeness (QED) is 0.644. The minimum absolute atomic E-state index is 0.140. The van der Waals surface area contributed by atoms with E-state index in [1.807, 2.05) is 6.08 Å². The number of hydrogen-bond acceptors (Lipinski definition) is 1. The van der Waals surface area contributed by atoms with Crippen LogP contribution in [0.5, 0.6) is 0 Å². The van der Waals surface area contributed by atoms with Gasteiger partial charge in [0.1, 0.15) is 0 Å². The molecule has 0 atom stereocenters. The molecule has 0 radical (unpaired) electrons. The lowest BCUT2D eigenvalue weighted by Crippen LogP contribution is -1.76. The molecule has 0 aromatic rings. The lowest BCUT2D eigenvalue weighted by Gasteiger charge is -1.94. The summed E-state index contributed by atoms with van der Waals surface area (Å²) >= 11 is 0. The highest BCUT2D eigenvalue weighted by Gasteiger charge is 1.84. The Labute approximate surface area is 81.5 Å². The molecule has 0 aromatic heterocycles. The van der Waals surface area contributed by atoms with Crippen molar-refractivity contribution < 1.29 is 5.11 Å². The fraction of sp³-hybridized carbons (Fsp3) is 0.500. The second-order valence-electron chi connectivity index (χ2n) is 3.43. The van der Waals surface area contributed by atoms with Gasteiger partial charge in [-0.3, -0.25) is 0 Å². The van der Waals surface area contributed by atoms with Gasteiger partial charge < -0.3 is 5.11 Å². The summed E-state index contributed by atoms with van der Waals surface area (Å²) in [5, 5.41) is 8.51. The summed E-state index contributed by atoms with van der Waals surface area (Å²) in [5.41, 5.74) is 2.71. The van der Waals surface area contributed by atoms with Crippen molar-refractivity contribution in [3.8, 4) is 0 Å². The molecule has 1 nitrogen and oxygen atoms in total. The van der Waals surface area contributed by atoms with Gasteiger partial charge in [0.05, 0.1) is 6.61 Å². The van der Waals surface area contributed by atoms with E-state index in [4.69, 9.17) is 5.11 Å². The van der Waals surface area contributed by atoms with Gasteiger partial charge in [0.2, 0.25) is 0 Å². The average molecular weight is 180 g/mol. The Morgan fingerprint density at radius 1 is 1.08 bits per heavy atom. The highest BCUT2D eigenvalue weighted by molar-refractivity contribution is 5.08. The first-order valence-electron chi connectivity index (χ1n) is 4.71. The van der Waals surface area contributed by atoms with E-state index in [0.29, 0.717) is 0 Å². The molecule has 13 heavy (non-hydrogen) atoms. The molecule has 0 heterocycles. The Balaban J connectivity index is 3.76. The van der Waals surface area contributed by atoms with Crippen molar-refractivity contribution in [1.29, 1.82) is 0 Å². The first-order chi connectivity index (χ1) is 6.16. The number of rotatable bonds is 5. The zero-order chi connectivity index (χ0) is 10.1. The number of aliphatic hydroxyl groups excluding tert-OH is 1. The highest BCUT2D eigenvalue weighted by atomic mass is 16.2. The second kappa shape index (κ2) is 7.81. The maximum Gasteiger partial charge on any atom is 0.0612 e. The van der Waals surface area contributed by atoms with E-state index in [0.717, 1.165) is 12.8 Å². The van der Waals surface area contributed by atoms with Crippen molar-refractivity contribution in [2.45, 2.75) is 33.6 Å². The standard InChI is InChI=1S/C12H20O/c1-11(2)7-6-9-12(3)8-4-5-10-13/h4-5,7,9,13H,6,8,10H2,1-3H3. The molecule has 0 aliphatic rings. The molecule has 0 aliphatic carbocycles.